The van der Waals surface area contributed by atoms with Gasteiger partial charge in [-0.1, -0.05) is 0 Å². The van der Waals surface area contributed by atoms with Crippen LogP contribution in [-0.4, -0.2) is 37.6 Å². The first-order chi connectivity index (χ1) is 16.2. The van der Waals surface area contributed by atoms with E-state index in [0.29, 0.717) is 17.3 Å². The van der Waals surface area contributed by atoms with Gasteiger partial charge in [0, 0.05) is 23.9 Å². The molecule has 2 amide bonds. The summed E-state index contributed by atoms with van der Waals surface area (Å²) in [6, 6.07) is 9.60. The van der Waals surface area contributed by atoms with Gasteiger partial charge in [-0.2, -0.15) is 0 Å². The predicted octanol–water partition coefficient (Wildman–Crippen LogP) is 3.56. The van der Waals surface area contributed by atoms with Gasteiger partial charge in [0.2, 0.25) is 0 Å². The first kappa shape index (κ1) is 23.5. The second kappa shape index (κ2) is 8.93. The number of nitrogens with zero attached hydrogens (tertiary/aromatic N) is 2. The molecule has 4 N–H and O–H groups in total. The molecule has 1 heterocycles. The van der Waals surface area contributed by atoms with E-state index in [1.54, 1.807) is 24.3 Å². The molecule has 2 aromatic carbocycles. The molecule has 1 aliphatic carbocycles. The molecule has 0 spiro atoms. The molecule has 0 aliphatic heterocycles. The van der Waals surface area contributed by atoms with Crippen molar-refractivity contribution in [2.24, 2.45) is 0 Å². The van der Waals surface area contributed by atoms with E-state index in [1.807, 2.05) is 0 Å². The molecule has 1 fully saturated rings. The van der Waals surface area contributed by atoms with Gasteiger partial charge in [0.25, 0.3) is 0 Å². The number of carbonyl (C=O) groups excluding carboxylic acids is 1. The monoisotopic (exact) mass is 491 g/mol. The molecule has 3 aromatic rings. The van der Waals surface area contributed by atoms with Crippen molar-refractivity contribution in [3.8, 4) is 11.4 Å². The van der Waals surface area contributed by atoms with Crippen molar-refractivity contribution in [1.29, 1.82) is 0 Å². The van der Waals surface area contributed by atoms with Crippen molar-refractivity contribution in [2.45, 2.75) is 22.5 Å². The minimum Gasteiger partial charge on any atom is -0.384 e. The Balaban J connectivity index is 1.64. The average molecular weight is 491 g/mol. The molecule has 0 atom stereocenters. The maximum Gasteiger partial charge on any atom is 0.319 e. The van der Waals surface area contributed by atoms with Crippen molar-refractivity contribution in [3.05, 3.63) is 65.9 Å². The number of nitrogens with one attached hydrogen (secondary N) is 2. The zero-order chi connectivity index (χ0) is 24.5. The van der Waals surface area contributed by atoms with E-state index in [-0.39, 0.29) is 41.6 Å². The Hall–Kier alpha value is -3.67. The number of hydrogen-bond acceptors (Lipinski definition) is 6. The number of nitrogen functional groups attached to an aromatic ring is 1. The Morgan fingerprint density at radius 3 is 2.35 bits per heavy atom. The van der Waals surface area contributed by atoms with Gasteiger partial charge in [-0.05, 0) is 55.3 Å². The molecule has 0 radical (unpaired) electrons. The number of sulfone groups is 1. The smallest absolute Gasteiger partial charge is 0.319 e. The van der Waals surface area contributed by atoms with Crippen LogP contribution >= 0.6 is 0 Å². The third kappa shape index (κ3) is 4.40. The van der Waals surface area contributed by atoms with Crippen LogP contribution in [0.4, 0.5) is 29.5 Å². The number of carbonyl (C=O) groups is 1. The Morgan fingerprint density at radius 2 is 1.74 bits per heavy atom. The van der Waals surface area contributed by atoms with Gasteiger partial charge in [0.05, 0.1) is 10.6 Å². The van der Waals surface area contributed by atoms with E-state index in [1.165, 1.54) is 6.07 Å². The number of hydrogen-bond donors (Lipinski definition) is 3. The fourth-order valence-corrected chi connectivity index (χ4v) is 5.49. The summed E-state index contributed by atoms with van der Waals surface area (Å²) in [5.74, 6) is -2.20. The Morgan fingerprint density at radius 1 is 1.03 bits per heavy atom. The third-order valence-corrected chi connectivity index (χ3v) is 7.93. The fourth-order valence-electron chi connectivity index (χ4n) is 3.51. The molecule has 1 saturated carbocycles. The van der Waals surface area contributed by atoms with Crippen LogP contribution in [0, 0.1) is 11.6 Å². The molecule has 12 heteroatoms. The highest BCUT2D eigenvalue weighted by molar-refractivity contribution is 7.92. The Kier molecular flexibility index (Phi) is 6.17. The number of amides is 2. The average Bonchev–Trinajstić information content (AvgIpc) is 3.62. The predicted molar refractivity (Wildman–Crippen MR) is 119 cm³/mol. The summed E-state index contributed by atoms with van der Waals surface area (Å²) in [5.41, 5.74) is 7.04. The molecule has 1 aliphatic rings. The Bertz CT molecular complexity index is 1350. The molecule has 4 rings (SSSR count). The van der Waals surface area contributed by atoms with E-state index in [4.69, 9.17) is 5.73 Å². The number of anilines is 2. The summed E-state index contributed by atoms with van der Waals surface area (Å²) < 4.78 is 64.4. The standard InChI is InChI=1S/C22H20F3N5O3S/c23-9-10-27-21(31)28-14-3-1-13(2-4-14)20-29-18(12-19(26)30-20)22(7-8-22)34(32,33)15-5-6-16(24)17(25)11-15/h1-6,11-12H,7-10H2,(H2,26,29,30)(H2,27,28,31). The lowest BCUT2D eigenvalue weighted by Crippen LogP contribution is -2.30. The van der Waals surface area contributed by atoms with Gasteiger partial charge in [-0.25, -0.2) is 36.4 Å². The Labute approximate surface area is 193 Å². The molecule has 0 bridgehead atoms. The molecule has 1 aromatic heterocycles. The first-order valence-corrected chi connectivity index (χ1v) is 11.7. The first-order valence-electron chi connectivity index (χ1n) is 10.2. The minimum absolute atomic E-state index is 0.0413. The zero-order valence-electron chi connectivity index (χ0n) is 17.7. The molecule has 178 valence electrons. The van der Waals surface area contributed by atoms with Crippen LogP contribution < -0.4 is 16.4 Å². The van der Waals surface area contributed by atoms with Crippen molar-refractivity contribution in [3.63, 3.8) is 0 Å². The van der Waals surface area contributed by atoms with Gasteiger partial charge in [0.15, 0.2) is 27.3 Å². The number of benzene rings is 2. The summed E-state index contributed by atoms with van der Waals surface area (Å²) >= 11 is 0. The van der Waals surface area contributed by atoms with E-state index < -0.39 is 38.9 Å². The van der Waals surface area contributed by atoms with Crippen molar-refractivity contribution in [2.75, 3.05) is 24.3 Å². The lowest BCUT2D eigenvalue weighted by molar-refractivity contribution is 0.251. The van der Waals surface area contributed by atoms with Crippen molar-refractivity contribution in [1.82, 2.24) is 15.3 Å². The quantitative estimate of drug-likeness (QED) is 0.434. The highest BCUT2D eigenvalue weighted by atomic mass is 32.2. The van der Waals surface area contributed by atoms with Gasteiger partial charge < -0.3 is 16.4 Å². The van der Waals surface area contributed by atoms with Gasteiger partial charge in [-0.15, -0.1) is 0 Å². The molecule has 0 saturated heterocycles. The largest absolute Gasteiger partial charge is 0.384 e. The van der Waals surface area contributed by atoms with Crippen LogP contribution in [0.5, 0.6) is 0 Å². The van der Waals surface area contributed by atoms with Crippen molar-refractivity contribution < 1.29 is 26.4 Å². The van der Waals surface area contributed by atoms with Crippen LogP contribution in [0.2, 0.25) is 0 Å². The van der Waals surface area contributed by atoms with E-state index >= 15 is 0 Å². The number of rotatable bonds is 7. The summed E-state index contributed by atoms with van der Waals surface area (Å²) in [7, 11) is -4.10. The number of alkyl halides is 1. The fraction of sp³-hybridized carbons (Fsp3) is 0.227. The summed E-state index contributed by atoms with van der Waals surface area (Å²) in [4.78, 5) is 19.9. The SMILES string of the molecule is Nc1cc(C2(S(=O)(=O)c3ccc(F)c(F)c3)CC2)nc(-c2ccc(NC(=O)NCCF)cc2)n1. The van der Waals surface area contributed by atoms with Crippen LogP contribution in [0.15, 0.2) is 53.4 Å². The van der Waals surface area contributed by atoms with Crippen LogP contribution in [0.3, 0.4) is 0 Å². The van der Waals surface area contributed by atoms with Crippen LogP contribution in [0.25, 0.3) is 11.4 Å². The van der Waals surface area contributed by atoms with E-state index in [2.05, 4.69) is 20.6 Å². The lowest BCUT2D eigenvalue weighted by atomic mass is 10.1. The lowest BCUT2D eigenvalue weighted by Gasteiger charge is -2.17. The third-order valence-electron chi connectivity index (χ3n) is 5.41. The maximum absolute atomic E-state index is 13.7. The second-order valence-corrected chi connectivity index (χ2v) is 9.98. The minimum atomic E-state index is -4.10. The molecule has 0 unspecified atom stereocenters. The number of urea groups is 1. The van der Waals surface area contributed by atoms with Gasteiger partial charge in [0.1, 0.15) is 17.2 Å². The number of halogens is 3. The maximum atomic E-state index is 13.7. The molecule has 34 heavy (non-hydrogen) atoms. The number of nitrogens with two attached hydrogens (primary N) is 1. The summed E-state index contributed by atoms with van der Waals surface area (Å²) in [5, 5.41) is 4.87. The zero-order valence-corrected chi connectivity index (χ0v) is 18.5. The van der Waals surface area contributed by atoms with Gasteiger partial charge >= 0.3 is 6.03 Å². The number of aromatic nitrogens is 2. The van der Waals surface area contributed by atoms with Crippen molar-refractivity contribution >= 4 is 27.4 Å². The highest BCUT2D eigenvalue weighted by Crippen LogP contribution is 2.55. The molecular weight excluding hydrogens is 471 g/mol. The van der Waals surface area contributed by atoms with Crippen LogP contribution in [-0.2, 0) is 14.6 Å². The normalized spacial score (nSPS) is 14.4. The second-order valence-electron chi connectivity index (χ2n) is 7.72. The molecule has 8 nitrogen and oxygen atoms in total. The summed E-state index contributed by atoms with van der Waals surface area (Å²) in [6.45, 7) is -0.798. The van der Waals surface area contributed by atoms with Gasteiger partial charge in [-0.3, -0.25) is 0 Å². The highest BCUT2D eigenvalue weighted by Gasteiger charge is 2.58. The summed E-state index contributed by atoms with van der Waals surface area (Å²) in [6.07, 6.45) is 0.474. The molecular formula is C22H20F3N5O3S. The van der Waals surface area contributed by atoms with E-state index in [9.17, 15) is 26.4 Å². The van der Waals surface area contributed by atoms with E-state index in [0.717, 1.165) is 12.1 Å². The topological polar surface area (TPSA) is 127 Å². The van der Waals surface area contributed by atoms with Crippen LogP contribution in [0.1, 0.15) is 18.5 Å².